The molecule has 4 nitrogen and oxygen atoms in total. The molecule has 1 saturated heterocycles. The smallest absolute Gasteiger partial charge is 0.226 e. The van der Waals surface area contributed by atoms with E-state index in [1.54, 1.807) is 12.1 Å². The van der Waals surface area contributed by atoms with Crippen LogP contribution in [-0.2, 0) is 16.0 Å². The van der Waals surface area contributed by atoms with Gasteiger partial charge in [0.15, 0.2) is 0 Å². The molecule has 1 aliphatic rings. The van der Waals surface area contributed by atoms with Crippen molar-refractivity contribution in [3.8, 4) is 0 Å². The fourth-order valence-corrected chi connectivity index (χ4v) is 3.14. The summed E-state index contributed by atoms with van der Waals surface area (Å²) in [4.78, 5) is 26.3. The Morgan fingerprint density at radius 1 is 1.17 bits per heavy atom. The van der Waals surface area contributed by atoms with Gasteiger partial charge in [-0.3, -0.25) is 9.59 Å². The van der Waals surface area contributed by atoms with Gasteiger partial charge in [-0.1, -0.05) is 26.0 Å². The van der Waals surface area contributed by atoms with Crippen molar-refractivity contribution in [1.82, 2.24) is 10.2 Å². The molecule has 0 unspecified atom stereocenters. The van der Waals surface area contributed by atoms with Crippen molar-refractivity contribution in [2.75, 3.05) is 13.1 Å². The Labute approximate surface area is 143 Å². The third-order valence-electron chi connectivity index (χ3n) is 4.82. The number of carbonyl (C=O) groups excluding carboxylic acids is 2. The van der Waals surface area contributed by atoms with Crippen LogP contribution in [0.15, 0.2) is 24.3 Å². The van der Waals surface area contributed by atoms with Gasteiger partial charge in [0.25, 0.3) is 0 Å². The van der Waals surface area contributed by atoms with Gasteiger partial charge in [-0.2, -0.15) is 0 Å². The highest BCUT2D eigenvalue weighted by Crippen LogP contribution is 2.15. The Kier molecular flexibility index (Phi) is 6.76. The van der Waals surface area contributed by atoms with Crippen LogP contribution in [0.5, 0.6) is 0 Å². The molecule has 1 aromatic rings. The second-order valence-electron chi connectivity index (χ2n) is 6.48. The largest absolute Gasteiger partial charge is 0.353 e. The van der Waals surface area contributed by atoms with E-state index in [1.165, 1.54) is 12.1 Å². The highest BCUT2D eigenvalue weighted by molar-refractivity contribution is 5.80. The Bertz CT molecular complexity index is 547. The average molecular weight is 334 g/mol. The summed E-state index contributed by atoms with van der Waals surface area (Å²) in [6.45, 7) is 5.39. The minimum atomic E-state index is -0.291. The van der Waals surface area contributed by atoms with E-state index in [0.717, 1.165) is 31.2 Å². The Morgan fingerprint density at radius 2 is 1.75 bits per heavy atom. The fraction of sp³-hybridized carbons (Fsp3) is 0.579. The molecule has 5 heteroatoms. The molecule has 24 heavy (non-hydrogen) atoms. The number of benzene rings is 1. The van der Waals surface area contributed by atoms with Gasteiger partial charge in [-0.05, 0) is 43.4 Å². The quantitative estimate of drug-likeness (QED) is 0.869. The molecule has 0 aromatic heterocycles. The lowest BCUT2D eigenvalue weighted by atomic mass is 9.99. The number of amides is 2. The number of likely N-dealkylation sites (tertiary alicyclic amines) is 1. The Balaban J connectivity index is 1.78. The number of nitrogens with one attached hydrogen (secondary N) is 1. The first-order valence-electron chi connectivity index (χ1n) is 8.86. The molecule has 0 atom stereocenters. The molecule has 1 heterocycles. The van der Waals surface area contributed by atoms with Crippen LogP contribution in [0.4, 0.5) is 4.39 Å². The lowest BCUT2D eigenvalue weighted by Crippen LogP contribution is -2.48. The molecule has 0 saturated carbocycles. The number of hydrogen-bond donors (Lipinski definition) is 1. The van der Waals surface area contributed by atoms with Crippen molar-refractivity contribution < 1.29 is 14.0 Å². The van der Waals surface area contributed by atoms with E-state index in [9.17, 15) is 14.0 Å². The van der Waals surface area contributed by atoms with E-state index in [2.05, 4.69) is 5.32 Å². The van der Waals surface area contributed by atoms with Crippen LogP contribution in [0.1, 0.15) is 45.1 Å². The van der Waals surface area contributed by atoms with E-state index in [4.69, 9.17) is 0 Å². The van der Waals surface area contributed by atoms with Crippen molar-refractivity contribution in [2.45, 2.75) is 52.0 Å². The molecule has 1 aromatic carbocycles. The van der Waals surface area contributed by atoms with Crippen molar-refractivity contribution in [3.63, 3.8) is 0 Å². The van der Waals surface area contributed by atoms with E-state index < -0.39 is 0 Å². The normalized spacial score (nSPS) is 15.6. The molecule has 0 spiro atoms. The monoisotopic (exact) mass is 334 g/mol. The summed E-state index contributed by atoms with van der Waals surface area (Å²) in [7, 11) is 0. The number of rotatable bonds is 6. The van der Waals surface area contributed by atoms with Gasteiger partial charge in [0, 0.05) is 25.0 Å². The van der Waals surface area contributed by atoms with E-state index in [0.29, 0.717) is 19.5 Å². The van der Waals surface area contributed by atoms with Crippen molar-refractivity contribution >= 4 is 11.8 Å². The first-order valence-corrected chi connectivity index (χ1v) is 8.86. The SMILES string of the molecule is CCC(CC)C(=O)NC1CCN(C(=O)Cc2ccc(F)cc2)CC1. The van der Waals surface area contributed by atoms with E-state index in [1.807, 2.05) is 18.7 Å². The number of nitrogens with zero attached hydrogens (tertiary/aromatic N) is 1. The van der Waals surface area contributed by atoms with Crippen molar-refractivity contribution in [3.05, 3.63) is 35.6 Å². The molecular weight excluding hydrogens is 307 g/mol. The van der Waals surface area contributed by atoms with Gasteiger partial charge in [0.1, 0.15) is 5.82 Å². The minimum absolute atomic E-state index is 0.0615. The fourth-order valence-electron chi connectivity index (χ4n) is 3.14. The number of piperidine rings is 1. The summed E-state index contributed by atoms with van der Waals surface area (Å²) in [6.07, 6.45) is 3.60. The van der Waals surface area contributed by atoms with Gasteiger partial charge < -0.3 is 10.2 Å². The van der Waals surface area contributed by atoms with E-state index in [-0.39, 0.29) is 29.6 Å². The molecular formula is C19H27FN2O2. The van der Waals surface area contributed by atoms with Crippen LogP contribution in [0.2, 0.25) is 0 Å². The van der Waals surface area contributed by atoms with Crippen LogP contribution in [-0.4, -0.2) is 35.8 Å². The van der Waals surface area contributed by atoms with Crippen LogP contribution in [0.25, 0.3) is 0 Å². The van der Waals surface area contributed by atoms with Crippen LogP contribution < -0.4 is 5.32 Å². The standard InChI is InChI=1S/C19H27FN2O2/c1-3-15(4-2)19(24)21-17-9-11-22(12-10-17)18(23)13-14-5-7-16(20)8-6-14/h5-8,15,17H,3-4,9-13H2,1-2H3,(H,21,24). The van der Waals surface area contributed by atoms with Gasteiger partial charge in [-0.15, -0.1) is 0 Å². The van der Waals surface area contributed by atoms with Gasteiger partial charge in [-0.25, -0.2) is 4.39 Å². The predicted molar refractivity (Wildman–Crippen MR) is 91.9 cm³/mol. The third kappa shape index (κ3) is 5.05. The molecule has 1 fully saturated rings. The van der Waals surface area contributed by atoms with E-state index >= 15 is 0 Å². The first kappa shape index (κ1) is 18.4. The number of hydrogen-bond acceptors (Lipinski definition) is 2. The Morgan fingerprint density at radius 3 is 2.29 bits per heavy atom. The number of halogens is 1. The summed E-state index contributed by atoms with van der Waals surface area (Å²) in [5.41, 5.74) is 0.825. The molecule has 0 aliphatic carbocycles. The van der Waals surface area contributed by atoms with Crippen molar-refractivity contribution in [1.29, 1.82) is 0 Å². The van der Waals surface area contributed by atoms with Gasteiger partial charge in [0.05, 0.1) is 6.42 Å². The summed E-state index contributed by atoms with van der Waals surface area (Å²) in [6, 6.07) is 6.21. The van der Waals surface area contributed by atoms with Crippen LogP contribution in [0.3, 0.4) is 0 Å². The second kappa shape index (κ2) is 8.81. The highest BCUT2D eigenvalue weighted by Gasteiger charge is 2.25. The lowest BCUT2D eigenvalue weighted by Gasteiger charge is -2.33. The summed E-state index contributed by atoms with van der Waals surface area (Å²) in [5.74, 6) is -0.00850. The summed E-state index contributed by atoms with van der Waals surface area (Å²) >= 11 is 0. The zero-order chi connectivity index (χ0) is 17.5. The zero-order valence-electron chi connectivity index (χ0n) is 14.6. The third-order valence-corrected chi connectivity index (χ3v) is 4.82. The molecule has 132 valence electrons. The minimum Gasteiger partial charge on any atom is -0.353 e. The first-order chi connectivity index (χ1) is 11.5. The topological polar surface area (TPSA) is 49.4 Å². The number of carbonyl (C=O) groups is 2. The second-order valence-corrected chi connectivity index (χ2v) is 6.48. The van der Waals surface area contributed by atoms with Crippen LogP contribution in [0, 0.1) is 11.7 Å². The van der Waals surface area contributed by atoms with Gasteiger partial charge in [0.2, 0.25) is 11.8 Å². The highest BCUT2D eigenvalue weighted by atomic mass is 19.1. The predicted octanol–water partition coefficient (Wildman–Crippen LogP) is 2.91. The summed E-state index contributed by atoms with van der Waals surface area (Å²) in [5, 5.41) is 3.12. The zero-order valence-corrected chi connectivity index (χ0v) is 14.6. The molecule has 2 rings (SSSR count). The molecule has 2 amide bonds. The maximum absolute atomic E-state index is 12.9. The maximum Gasteiger partial charge on any atom is 0.226 e. The average Bonchev–Trinajstić information content (AvgIpc) is 2.58. The molecule has 1 aliphatic heterocycles. The van der Waals surface area contributed by atoms with Crippen molar-refractivity contribution in [2.24, 2.45) is 5.92 Å². The maximum atomic E-state index is 12.9. The molecule has 0 radical (unpaired) electrons. The molecule has 1 N–H and O–H groups in total. The lowest BCUT2D eigenvalue weighted by molar-refractivity contribution is -0.131. The van der Waals surface area contributed by atoms with Crippen LogP contribution >= 0.6 is 0 Å². The Hall–Kier alpha value is -1.91. The molecule has 0 bridgehead atoms. The van der Waals surface area contributed by atoms with Gasteiger partial charge >= 0.3 is 0 Å². The summed E-state index contributed by atoms with van der Waals surface area (Å²) < 4.78 is 12.9.